The van der Waals surface area contributed by atoms with Gasteiger partial charge in [0.2, 0.25) is 0 Å². The fourth-order valence-electron chi connectivity index (χ4n) is 3.03. The lowest BCUT2D eigenvalue weighted by molar-refractivity contribution is 0.109. The van der Waals surface area contributed by atoms with Crippen LogP contribution in [-0.2, 0) is 6.42 Å². The van der Waals surface area contributed by atoms with Crippen molar-refractivity contribution < 1.29 is 4.74 Å². The Labute approximate surface area is 135 Å². The molecule has 116 valence electrons. The molecular formula is C17H20ClN3O. The fraction of sp³-hybridized carbons (Fsp3) is 0.412. The van der Waals surface area contributed by atoms with Crippen LogP contribution in [0.25, 0.3) is 0 Å². The van der Waals surface area contributed by atoms with Crippen LogP contribution in [0.3, 0.4) is 0 Å². The topological polar surface area (TPSA) is 47.0 Å². The number of ether oxygens (including phenoxy) is 1. The summed E-state index contributed by atoms with van der Waals surface area (Å²) < 4.78 is 5.95. The van der Waals surface area contributed by atoms with E-state index in [1.807, 2.05) is 18.2 Å². The van der Waals surface area contributed by atoms with Crippen molar-refractivity contribution in [3.63, 3.8) is 0 Å². The van der Waals surface area contributed by atoms with Gasteiger partial charge in [-0.3, -0.25) is 0 Å². The normalized spacial score (nSPS) is 21.5. The molecule has 5 heteroatoms. The van der Waals surface area contributed by atoms with E-state index in [1.165, 1.54) is 11.9 Å². The molecular weight excluding hydrogens is 298 g/mol. The molecule has 1 unspecified atom stereocenters. The monoisotopic (exact) mass is 317 g/mol. The third kappa shape index (κ3) is 3.96. The Balaban J connectivity index is 1.73. The molecule has 2 aromatic rings. The molecule has 0 amide bonds. The van der Waals surface area contributed by atoms with E-state index in [0.717, 1.165) is 43.1 Å². The summed E-state index contributed by atoms with van der Waals surface area (Å²) in [7, 11) is 0. The summed E-state index contributed by atoms with van der Waals surface area (Å²) in [4.78, 5) is 8.00. The van der Waals surface area contributed by atoms with Gasteiger partial charge in [-0.1, -0.05) is 23.7 Å². The third-order valence-corrected chi connectivity index (χ3v) is 4.35. The van der Waals surface area contributed by atoms with E-state index in [0.29, 0.717) is 6.61 Å². The summed E-state index contributed by atoms with van der Waals surface area (Å²) in [6.45, 7) is 2.68. The Morgan fingerprint density at radius 1 is 1.27 bits per heavy atom. The van der Waals surface area contributed by atoms with E-state index < -0.39 is 0 Å². The van der Waals surface area contributed by atoms with Gasteiger partial charge in [-0.05, 0) is 43.5 Å². The highest BCUT2D eigenvalue weighted by atomic mass is 35.5. The lowest BCUT2D eigenvalue weighted by atomic mass is 9.76. The Bertz CT molecular complexity index is 600. The number of rotatable bonds is 5. The van der Waals surface area contributed by atoms with E-state index in [-0.39, 0.29) is 5.41 Å². The lowest BCUT2D eigenvalue weighted by Gasteiger charge is -2.37. The van der Waals surface area contributed by atoms with E-state index in [1.54, 1.807) is 12.4 Å². The van der Waals surface area contributed by atoms with E-state index >= 15 is 0 Å². The van der Waals surface area contributed by atoms with Gasteiger partial charge >= 0.3 is 0 Å². The molecule has 0 bridgehead atoms. The number of nitrogens with one attached hydrogen (secondary N) is 1. The van der Waals surface area contributed by atoms with Crippen molar-refractivity contribution in [2.24, 2.45) is 5.41 Å². The van der Waals surface area contributed by atoms with Crippen molar-refractivity contribution in [2.45, 2.75) is 19.3 Å². The minimum Gasteiger partial charge on any atom is -0.490 e. The number of hydrogen-bond donors (Lipinski definition) is 1. The van der Waals surface area contributed by atoms with Crippen LogP contribution in [-0.4, -0.2) is 29.7 Å². The molecule has 1 N–H and O–H groups in total. The van der Waals surface area contributed by atoms with Crippen LogP contribution in [0.15, 0.2) is 43.0 Å². The summed E-state index contributed by atoms with van der Waals surface area (Å²) in [5.41, 5.74) is 1.34. The minimum absolute atomic E-state index is 0.0821. The Hall–Kier alpha value is -1.65. The minimum atomic E-state index is 0.0821. The van der Waals surface area contributed by atoms with Gasteiger partial charge < -0.3 is 10.1 Å². The number of hydrogen-bond acceptors (Lipinski definition) is 4. The van der Waals surface area contributed by atoms with Crippen LogP contribution in [0.1, 0.15) is 18.4 Å². The molecule has 1 aliphatic rings. The molecule has 22 heavy (non-hydrogen) atoms. The number of nitrogens with zero attached hydrogens (tertiary/aromatic N) is 2. The molecule has 0 radical (unpaired) electrons. The molecule has 1 saturated heterocycles. The van der Waals surface area contributed by atoms with Gasteiger partial charge in [0.25, 0.3) is 0 Å². The summed E-state index contributed by atoms with van der Waals surface area (Å²) in [6, 6.07) is 8.10. The number of benzene rings is 1. The van der Waals surface area contributed by atoms with Crippen molar-refractivity contribution in [1.82, 2.24) is 15.3 Å². The van der Waals surface area contributed by atoms with Gasteiger partial charge in [0.1, 0.15) is 6.33 Å². The zero-order valence-corrected chi connectivity index (χ0v) is 13.2. The largest absolute Gasteiger partial charge is 0.490 e. The Kier molecular flexibility index (Phi) is 4.90. The predicted octanol–water partition coefficient (Wildman–Crippen LogP) is 3.12. The zero-order valence-electron chi connectivity index (χ0n) is 12.5. The average molecular weight is 318 g/mol. The van der Waals surface area contributed by atoms with Crippen molar-refractivity contribution in [1.29, 1.82) is 0 Å². The quantitative estimate of drug-likeness (QED) is 0.920. The smallest absolute Gasteiger partial charge is 0.155 e. The van der Waals surface area contributed by atoms with Gasteiger partial charge in [-0.15, -0.1) is 0 Å². The molecule has 2 heterocycles. The van der Waals surface area contributed by atoms with Crippen molar-refractivity contribution >= 4 is 11.6 Å². The first-order valence-corrected chi connectivity index (χ1v) is 7.97. The molecule has 1 fully saturated rings. The number of aromatic nitrogens is 2. The van der Waals surface area contributed by atoms with Crippen LogP contribution < -0.4 is 10.1 Å². The first-order chi connectivity index (χ1) is 10.8. The molecule has 3 rings (SSSR count). The van der Waals surface area contributed by atoms with Gasteiger partial charge in [-0.25, -0.2) is 9.97 Å². The standard InChI is InChI=1S/C17H20ClN3O/c18-15-4-1-3-14(7-15)8-17(5-2-6-19-11-17)12-22-16-9-20-13-21-10-16/h1,3-4,7,9-10,13,19H,2,5-6,8,11-12H2. The number of piperidine rings is 1. The van der Waals surface area contributed by atoms with Crippen LogP contribution in [0, 0.1) is 5.41 Å². The summed E-state index contributed by atoms with van der Waals surface area (Å²) in [5, 5.41) is 4.29. The second-order valence-corrected chi connectivity index (χ2v) is 6.39. The van der Waals surface area contributed by atoms with Crippen molar-refractivity contribution in [3.05, 3.63) is 53.6 Å². The summed E-state index contributed by atoms with van der Waals surface area (Å²) >= 11 is 6.12. The molecule has 1 aliphatic heterocycles. The van der Waals surface area contributed by atoms with Gasteiger partial charge in [-0.2, -0.15) is 0 Å². The van der Waals surface area contributed by atoms with Crippen LogP contribution in [0.2, 0.25) is 5.02 Å². The van der Waals surface area contributed by atoms with Gasteiger partial charge in [0, 0.05) is 17.0 Å². The van der Waals surface area contributed by atoms with Crippen LogP contribution in [0.4, 0.5) is 0 Å². The highest BCUT2D eigenvalue weighted by Crippen LogP contribution is 2.32. The molecule has 0 spiro atoms. The Morgan fingerprint density at radius 2 is 2.14 bits per heavy atom. The maximum absolute atomic E-state index is 6.12. The predicted molar refractivity (Wildman–Crippen MR) is 87.2 cm³/mol. The van der Waals surface area contributed by atoms with Crippen LogP contribution >= 0.6 is 11.6 Å². The second-order valence-electron chi connectivity index (χ2n) is 5.95. The Morgan fingerprint density at radius 3 is 2.86 bits per heavy atom. The van der Waals surface area contributed by atoms with Crippen LogP contribution in [0.5, 0.6) is 5.75 Å². The first kappa shape index (κ1) is 15.3. The SMILES string of the molecule is Clc1cccc(CC2(COc3cncnc3)CCCNC2)c1. The molecule has 4 nitrogen and oxygen atoms in total. The molecule has 0 aliphatic carbocycles. The van der Waals surface area contributed by atoms with Crippen molar-refractivity contribution in [3.8, 4) is 5.75 Å². The first-order valence-electron chi connectivity index (χ1n) is 7.59. The summed E-state index contributed by atoms with van der Waals surface area (Å²) in [5.74, 6) is 0.721. The molecule has 1 aromatic heterocycles. The van der Waals surface area contributed by atoms with Gasteiger partial charge in [0.15, 0.2) is 5.75 Å². The van der Waals surface area contributed by atoms with Gasteiger partial charge in [0.05, 0.1) is 19.0 Å². The lowest BCUT2D eigenvalue weighted by Crippen LogP contribution is -2.45. The number of halogens is 1. The van der Waals surface area contributed by atoms with E-state index in [2.05, 4.69) is 21.4 Å². The maximum Gasteiger partial charge on any atom is 0.155 e. The highest BCUT2D eigenvalue weighted by molar-refractivity contribution is 6.30. The maximum atomic E-state index is 6.12. The second kappa shape index (κ2) is 7.07. The summed E-state index contributed by atoms with van der Waals surface area (Å²) in [6.07, 6.45) is 8.17. The fourth-order valence-corrected chi connectivity index (χ4v) is 3.24. The third-order valence-electron chi connectivity index (χ3n) is 4.11. The van der Waals surface area contributed by atoms with E-state index in [9.17, 15) is 0 Å². The average Bonchev–Trinajstić information content (AvgIpc) is 2.55. The molecule has 0 saturated carbocycles. The van der Waals surface area contributed by atoms with E-state index in [4.69, 9.17) is 16.3 Å². The van der Waals surface area contributed by atoms with Crippen molar-refractivity contribution in [2.75, 3.05) is 19.7 Å². The molecule has 1 atom stereocenters. The highest BCUT2D eigenvalue weighted by Gasteiger charge is 2.33. The zero-order chi connectivity index (χ0) is 15.3. The molecule has 1 aromatic carbocycles.